The topological polar surface area (TPSA) is 85.2 Å². The van der Waals surface area contributed by atoms with Crippen LogP contribution >= 0.6 is 0 Å². The largest absolute Gasteiger partial charge is 0.464 e. The summed E-state index contributed by atoms with van der Waals surface area (Å²) in [5.41, 5.74) is 0. The van der Waals surface area contributed by atoms with Crippen molar-refractivity contribution in [3.63, 3.8) is 0 Å². The van der Waals surface area contributed by atoms with Crippen molar-refractivity contribution >= 4 is 18.1 Å². The molecule has 0 saturated carbocycles. The number of carbonyl (C=O) groups excluding carboxylic acids is 3. The molecule has 26 heavy (non-hydrogen) atoms. The van der Waals surface area contributed by atoms with E-state index in [0.717, 1.165) is 19.3 Å². The zero-order valence-electron chi connectivity index (χ0n) is 16.6. The molecule has 0 spiro atoms. The van der Waals surface area contributed by atoms with Crippen molar-refractivity contribution in [2.24, 2.45) is 9.98 Å². The lowest BCUT2D eigenvalue weighted by atomic mass is 10.1. The first-order chi connectivity index (χ1) is 12.7. The smallest absolute Gasteiger partial charge is 0.328 e. The summed E-state index contributed by atoms with van der Waals surface area (Å²) in [4.78, 5) is 36.5. The fourth-order valence-electron chi connectivity index (χ4n) is 2.20. The minimum Gasteiger partial charge on any atom is -0.464 e. The molecular weight excluding hydrogens is 332 g/mol. The van der Waals surface area contributed by atoms with Crippen LogP contribution in [0.15, 0.2) is 9.98 Å². The van der Waals surface area contributed by atoms with Crippen molar-refractivity contribution in [3.8, 4) is 0 Å². The highest BCUT2D eigenvalue weighted by molar-refractivity contribution is 5.72. The summed E-state index contributed by atoms with van der Waals surface area (Å²) in [6.45, 7) is 5.11. The van der Waals surface area contributed by atoms with Gasteiger partial charge in [-0.15, -0.1) is 0 Å². The third-order valence-corrected chi connectivity index (χ3v) is 3.72. The van der Waals surface area contributed by atoms with E-state index < -0.39 is 5.97 Å². The summed E-state index contributed by atoms with van der Waals surface area (Å²) in [7, 11) is 0. The summed E-state index contributed by atoms with van der Waals surface area (Å²) < 4.78 is 4.67. The molecule has 0 unspecified atom stereocenters. The lowest BCUT2D eigenvalue weighted by Crippen LogP contribution is -2.08. The highest BCUT2D eigenvalue weighted by Gasteiger charge is 1.98. The van der Waals surface area contributed by atoms with Gasteiger partial charge in [-0.25, -0.2) is 14.6 Å². The Balaban J connectivity index is 0. The van der Waals surface area contributed by atoms with Crippen LogP contribution in [0.4, 0.5) is 0 Å². The third kappa shape index (κ3) is 27.1. The Labute approximate surface area is 158 Å². The van der Waals surface area contributed by atoms with Gasteiger partial charge in [0.1, 0.15) is 6.54 Å². The maximum Gasteiger partial charge on any atom is 0.328 e. The number of hydrogen-bond donors (Lipinski definition) is 0. The first-order valence-electron chi connectivity index (χ1n) is 9.95. The SMILES string of the molecule is CCCCCCCCCCCCN=C=O.CCCCOC(=O)CN=C=O. The van der Waals surface area contributed by atoms with E-state index >= 15 is 0 Å². The number of rotatable bonds is 16. The van der Waals surface area contributed by atoms with Gasteiger partial charge >= 0.3 is 5.97 Å². The maximum atomic E-state index is 10.6. The van der Waals surface area contributed by atoms with Crippen LogP contribution in [0.25, 0.3) is 0 Å². The van der Waals surface area contributed by atoms with Crippen molar-refractivity contribution in [2.45, 2.75) is 90.9 Å². The van der Waals surface area contributed by atoms with E-state index in [1.165, 1.54) is 63.9 Å². The molecule has 0 aromatic carbocycles. The molecule has 0 aromatic rings. The molecular formula is C20H36N2O4. The number of isocyanates is 2. The molecule has 0 aliphatic carbocycles. The van der Waals surface area contributed by atoms with Crippen molar-refractivity contribution in [3.05, 3.63) is 0 Å². The van der Waals surface area contributed by atoms with E-state index in [0.29, 0.717) is 13.2 Å². The number of ether oxygens (including phenoxy) is 1. The Kier molecular flexibility index (Phi) is 25.9. The predicted octanol–water partition coefficient (Wildman–Crippen LogP) is 4.91. The van der Waals surface area contributed by atoms with Crippen molar-refractivity contribution in [1.82, 2.24) is 0 Å². The molecule has 0 amide bonds. The average Bonchev–Trinajstić information content (AvgIpc) is 2.65. The summed E-state index contributed by atoms with van der Waals surface area (Å²) in [5.74, 6) is -0.471. The Morgan fingerprint density at radius 3 is 1.73 bits per heavy atom. The van der Waals surface area contributed by atoms with Crippen LogP contribution in [0.3, 0.4) is 0 Å². The van der Waals surface area contributed by atoms with Gasteiger partial charge in [-0.1, -0.05) is 78.1 Å². The molecule has 0 N–H and O–H groups in total. The van der Waals surface area contributed by atoms with Crippen LogP contribution in [0.5, 0.6) is 0 Å². The normalized spacial score (nSPS) is 9.31. The van der Waals surface area contributed by atoms with E-state index in [2.05, 4.69) is 21.6 Å². The second-order valence-corrected chi connectivity index (χ2v) is 6.14. The standard InChI is InChI=1S/C13H25NO.C7H11NO3/c1-2-3-4-5-6-7-8-9-10-11-12-14-13-15;1-2-3-4-11-7(10)5-8-6-9/h2-12H2,1H3;2-5H2,1H3. The van der Waals surface area contributed by atoms with Gasteiger partial charge in [0.05, 0.1) is 13.2 Å². The van der Waals surface area contributed by atoms with Gasteiger partial charge in [-0.2, -0.15) is 4.99 Å². The summed E-state index contributed by atoms with van der Waals surface area (Å²) in [6, 6.07) is 0. The zero-order chi connectivity index (χ0) is 19.7. The molecule has 0 heterocycles. The van der Waals surface area contributed by atoms with E-state index in [9.17, 15) is 14.4 Å². The van der Waals surface area contributed by atoms with Crippen molar-refractivity contribution in [2.75, 3.05) is 19.7 Å². The molecule has 0 rings (SSSR count). The fraction of sp³-hybridized carbons (Fsp3) is 0.850. The van der Waals surface area contributed by atoms with Gasteiger partial charge in [0, 0.05) is 0 Å². The number of aliphatic imine (C=N–C) groups is 2. The van der Waals surface area contributed by atoms with Crippen LogP contribution in [-0.2, 0) is 19.1 Å². The number of unbranched alkanes of at least 4 members (excludes halogenated alkanes) is 10. The van der Waals surface area contributed by atoms with Crippen molar-refractivity contribution < 1.29 is 19.1 Å². The first-order valence-corrected chi connectivity index (χ1v) is 9.95. The first kappa shape index (κ1) is 26.5. The Bertz CT molecular complexity index is 401. The zero-order valence-corrected chi connectivity index (χ0v) is 16.6. The van der Waals surface area contributed by atoms with Crippen molar-refractivity contribution in [1.29, 1.82) is 0 Å². The third-order valence-electron chi connectivity index (χ3n) is 3.72. The molecule has 0 radical (unpaired) electrons. The second-order valence-electron chi connectivity index (χ2n) is 6.14. The van der Waals surface area contributed by atoms with E-state index in [1.54, 1.807) is 6.08 Å². The Hall–Kier alpha value is -1.77. The van der Waals surface area contributed by atoms with Crippen LogP contribution in [0.1, 0.15) is 90.9 Å². The molecule has 0 fully saturated rings. The van der Waals surface area contributed by atoms with Gasteiger partial charge in [0.25, 0.3) is 0 Å². The summed E-state index contributed by atoms with van der Waals surface area (Å²) in [6.07, 6.45) is 17.9. The number of nitrogens with zero attached hydrogens (tertiary/aromatic N) is 2. The number of esters is 1. The summed E-state index contributed by atoms with van der Waals surface area (Å²) in [5, 5.41) is 0. The van der Waals surface area contributed by atoms with E-state index in [1.807, 2.05) is 6.92 Å². The number of carbonyl (C=O) groups is 1. The molecule has 0 aromatic heterocycles. The highest BCUT2D eigenvalue weighted by atomic mass is 16.5. The predicted molar refractivity (Wildman–Crippen MR) is 104 cm³/mol. The Morgan fingerprint density at radius 1 is 0.731 bits per heavy atom. The minimum absolute atomic E-state index is 0.215. The van der Waals surface area contributed by atoms with Crippen LogP contribution in [0.2, 0.25) is 0 Å². The van der Waals surface area contributed by atoms with Gasteiger partial charge in [0.2, 0.25) is 12.2 Å². The van der Waals surface area contributed by atoms with Gasteiger partial charge in [-0.3, -0.25) is 4.79 Å². The minimum atomic E-state index is -0.471. The number of hydrogen-bond acceptors (Lipinski definition) is 6. The molecule has 6 heteroatoms. The Morgan fingerprint density at radius 2 is 1.23 bits per heavy atom. The van der Waals surface area contributed by atoms with Crippen LogP contribution < -0.4 is 0 Å². The summed E-state index contributed by atoms with van der Waals surface area (Å²) >= 11 is 0. The molecule has 0 bridgehead atoms. The molecule has 0 saturated heterocycles. The molecule has 6 nitrogen and oxygen atoms in total. The fourth-order valence-corrected chi connectivity index (χ4v) is 2.20. The molecule has 150 valence electrons. The second kappa shape index (κ2) is 25.5. The van der Waals surface area contributed by atoms with Gasteiger partial charge in [-0.05, 0) is 12.8 Å². The van der Waals surface area contributed by atoms with E-state index in [4.69, 9.17) is 0 Å². The van der Waals surface area contributed by atoms with Gasteiger partial charge in [0.15, 0.2) is 0 Å². The molecule has 0 aliphatic rings. The lowest BCUT2D eigenvalue weighted by molar-refractivity contribution is -0.141. The quantitative estimate of drug-likeness (QED) is 0.168. The monoisotopic (exact) mass is 368 g/mol. The molecule has 0 atom stereocenters. The highest BCUT2D eigenvalue weighted by Crippen LogP contribution is 2.10. The van der Waals surface area contributed by atoms with Gasteiger partial charge < -0.3 is 4.74 Å². The van der Waals surface area contributed by atoms with Crippen LogP contribution in [-0.4, -0.2) is 37.8 Å². The van der Waals surface area contributed by atoms with E-state index in [-0.39, 0.29) is 6.54 Å². The van der Waals surface area contributed by atoms with Crippen LogP contribution in [0, 0.1) is 0 Å². The molecule has 0 aliphatic heterocycles. The average molecular weight is 369 g/mol. The lowest BCUT2D eigenvalue weighted by Gasteiger charge is -2.00. The maximum absolute atomic E-state index is 10.6.